The molecular weight excluding hydrogens is 206 g/mol. The Balaban J connectivity index is 2.12. The molecule has 0 aliphatic rings. The van der Waals surface area contributed by atoms with Gasteiger partial charge < -0.3 is 0 Å². The van der Waals surface area contributed by atoms with Gasteiger partial charge in [0.25, 0.3) is 0 Å². The topological polar surface area (TPSA) is 12.9 Å². The Morgan fingerprint density at radius 1 is 1.12 bits per heavy atom. The number of aryl methyl sites for hydroxylation is 1. The highest BCUT2D eigenvalue weighted by molar-refractivity contribution is 5.76. The van der Waals surface area contributed by atoms with Crippen molar-refractivity contribution in [1.82, 2.24) is 4.98 Å². The lowest BCUT2D eigenvalue weighted by atomic mass is 10.1. The van der Waals surface area contributed by atoms with E-state index in [1.54, 1.807) is 6.20 Å². The normalized spacial score (nSPS) is 10.6. The summed E-state index contributed by atoms with van der Waals surface area (Å²) < 4.78 is 0. The molecule has 84 valence electrons. The Kier molecular flexibility index (Phi) is 3.51. The minimum atomic E-state index is 0.945. The maximum absolute atomic E-state index is 4.23. The summed E-state index contributed by atoms with van der Waals surface area (Å²) in [6.07, 6.45) is 5.75. The second-order valence-corrected chi connectivity index (χ2v) is 3.98. The van der Waals surface area contributed by atoms with E-state index in [1.807, 2.05) is 30.4 Å². The summed E-state index contributed by atoms with van der Waals surface area (Å²) in [6, 6.07) is 14.2. The van der Waals surface area contributed by atoms with Gasteiger partial charge in [0.15, 0.2) is 0 Å². The lowest BCUT2D eigenvalue weighted by molar-refractivity contribution is 1.30. The Bertz CT molecular complexity index is 521. The van der Waals surface area contributed by atoms with Gasteiger partial charge in [-0.25, -0.2) is 0 Å². The summed E-state index contributed by atoms with van der Waals surface area (Å²) in [5, 5.41) is 0. The molecule has 0 saturated carbocycles. The van der Waals surface area contributed by atoms with Crippen molar-refractivity contribution in [3.8, 4) is 0 Å². The van der Waals surface area contributed by atoms with Gasteiger partial charge in [0.1, 0.15) is 0 Å². The molecule has 0 saturated heterocycles. The monoisotopic (exact) mass is 221 g/mol. The van der Waals surface area contributed by atoms with E-state index in [2.05, 4.69) is 42.8 Å². The van der Waals surface area contributed by atoms with Gasteiger partial charge in [0, 0.05) is 6.20 Å². The zero-order chi connectivity index (χ0) is 12.1. The molecule has 1 aromatic heterocycles. The number of rotatable bonds is 3. The average molecular weight is 221 g/mol. The lowest BCUT2D eigenvalue weighted by Crippen LogP contribution is -1.81. The minimum absolute atomic E-state index is 0.945. The number of hydrogen-bond donors (Lipinski definition) is 0. The Hall–Kier alpha value is -2.15. The van der Waals surface area contributed by atoms with Crippen molar-refractivity contribution in [3.63, 3.8) is 0 Å². The quantitative estimate of drug-likeness (QED) is 0.710. The molecule has 0 fully saturated rings. The van der Waals surface area contributed by atoms with Crippen LogP contribution in [0.2, 0.25) is 0 Å². The van der Waals surface area contributed by atoms with Crippen molar-refractivity contribution in [2.24, 2.45) is 0 Å². The first-order valence-electron chi connectivity index (χ1n) is 5.61. The van der Waals surface area contributed by atoms with Crippen molar-refractivity contribution >= 4 is 11.6 Å². The number of aromatic nitrogens is 1. The lowest BCUT2D eigenvalue weighted by Gasteiger charge is -2.00. The van der Waals surface area contributed by atoms with E-state index in [9.17, 15) is 0 Å². The number of allylic oxidation sites excluding steroid dienone is 2. The third kappa shape index (κ3) is 3.15. The first kappa shape index (κ1) is 11.3. The molecule has 1 heterocycles. The second kappa shape index (κ2) is 5.26. The second-order valence-electron chi connectivity index (χ2n) is 3.98. The third-order valence-electron chi connectivity index (χ3n) is 2.57. The van der Waals surface area contributed by atoms with Crippen LogP contribution in [0.15, 0.2) is 61.3 Å². The van der Waals surface area contributed by atoms with Crippen LogP contribution in [0.4, 0.5) is 0 Å². The van der Waals surface area contributed by atoms with E-state index in [0.717, 1.165) is 16.8 Å². The molecule has 0 amide bonds. The zero-order valence-electron chi connectivity index (χ0n) is 9.93. The van der Waals surface area contributed by atoms with Gasteiger partial charge in [-0.1, -0.05) is 48.6 Å². The zero-order valence-corrected chi connectivity index (χ0v) is 9.93. The van der Waals surface area contributed by atoms with Crippen LogP contribution in [0.5, 0.6) is 0 Å². The highest BCUT2D eigenvalue weighted by atomic mass is 14.6. The molecule has 1 heteroatoms. The van der Waals surface area contributed by atoms with E-state index >= 15 is 0 Å². The summed E-state index contributed by atoms with van der Waals surface area (Å²) in [5.74, 6) is 0. The molecule has 0 atom stereocenters. The van der Waals surface area contributed by atoms with Crippen LogP contribution in [0.25, 0.3) is 11.6 Å². The van der Waals surface area contributed by atoms with Gasteiger partial charge in [-0.15, -0.1) is 0 Å². The van der Waals surface area contributed by atoms with Crippen molar-refractivity contribution in [1.29, 1.82) is 0 Å². The largest absolute Gasteiger partial charge is 0.257 e. The van der Waals surface area contributed by atoms with E-state index in [4.69, 9.17) is 0 Å². The fraction of sp³-hybridized carbons (Fsp3) is 0.0625. The predicted molar refractivity (Wildman–Crippen MR) is 73.5 cm³/mol. The molecule has 2 aromatic rings. The van der Waals surface area contributed by atoms with Crippen LogP contribution >= 0.6 is 0 Å². The van der Waals surface area contributed by atoms with Crippen LogP contribution in [-0.4, -0.2) is 4.98 Å². The molecule has 1 aromatic carbocycles. The van der Waals surface area contributed by atoms with Crippen molar-refractivity contribution in [2.75, 3.05) is 0 Å². The summed E-state index contributed by atoms with van der Waals surface area (Å²) in [7, 11) is 0. The summed E-state index contributed by atoms with van der Waals surface area (Å²) in [4.78, 5) is 4.23. The van der Waals surface area contributed by atoms with E-state index < -0.39 is 0 Å². The van der Waals surface area contributed by atoms with Gasteiger partial charge in [-0.3, -0.25) is 4.98 Å². The van der Waals surface area contributed by atoms with E-state index in [-0.39, 0.29) is 0 Å². The molecule has 0 N–H and O–H groups in total. The van der Waals surface area contributed by atoms with Crippen LogP contribution in [0.3, 0.4) is 0 Å². The minimum Gasteiger partial charge on any atom is -0.257 e. The molecule has 2 rings (SSSR count). The standard InChI is InChI=1S/C16H15N/c1-13-6-9-15(10-7-13)14(2)8-11-16-5-3-4-12-17-16/h3-12H,2H2,1H3/b11-8+. The molecule has 0 radical (unpaired) electrons. The van der Waals surface area contributed by atoms with Crippen LogP contribution in [0.1, 0.15) is 16.8 Å². The summed E-state index contributed by atoms with van der Waals surface area (Å²) >= 11 is 0. The van der Waals surface area contributed by atoms with E-state index in [1.165, 1.54) is 5.56 Å². The molecule has 0 bridgehead atoms. The molecule has 1 nitrogen and oxygen atoms in total. The fourth-order valence-corrected chi connectivity index (χ4v) is 1.52. The molecule has 0 aliphatic carbocycles. The predicted octanol–water partition coefficient (Wildman–Crippen LogP) is 4.12. The highest BCUT2D eigenvalue weighted by Gasteiger charge is 1.94. The molecular formula is C16H15N. The average Bonchev–Trinajstić information content (AvgIpc) is 2.38. The van der Waals surface area contributed by atoms with Crippen molar-refractivity contribution in [3.05, 3.63) is 78.1 Å². The molecule has 0 unspecified atom stereocenters. The van der Waals surface area contributed by atoms with Crippen LogP contribution in [0, 0.1) is 6.92 Å². The SMILES string of the molecule is C=C(/C=C/c1ccccn1)c1ccc(C)cc1. The number of benzene rings is 1. The Labute approximate surface area is 102 Å². The van der Waals surface area contributed by atoms with E-state index in [0.29, 0.717) is 0 Å². The summed E-state index contributed by atoms with van der Waals surface area (Å²) in [5.41, 5.74) is 4.34. The maximum Gasteiger partial charge on any atom is 0.0629 e. The first-order valence-corrected chi connectivity index (χ1v) is 5.61. The first-order chi connectivity index (χ1) is 8.25. The van der Waals surface area contributed by atoms with Crippen LogP contribution in [-0.2, 0) is 0 Å². The van der Waals surface area contributed by atoms with Crippen molar-refractivity contribution in [2.45, 2.75) is 6.92 Å². The molecule has 17 heavy (non-hydrogen) atoms. The number of hydrogen-bond acceptors (Lipinski definition) is 1. The molecule has 0 aliphatic heterocycles. The Morgan fingerprint density at radius 2 is 1.88 bits per heavy atom. The van der Waals surface area contributed by atoms with Gasteiger partial charge in [-0.2, -0.15) is 0 Å². The maximum atomic E-state index is 4.23. The smallest absolute Gasteiger partial charge is 0.0629 e. The van der Waals surface area contributed by atoms with Crippen LogP contribution < -0.4 is 0 Å². The van der Waals surface area contributed by atoms with Crippen molar-refractivity contribution < 1.29 is 0 Å². The van der Waals surface area contributed by atoms with Gasteiger partial charge in [0.2, 0.25) is 0 Å². The number of pyridine rings is 1. The van der Waals surface area contributed by atoms with Gasteiger partial charge in [-0.05, 0) is 36.3 Å². The fourth-order valence-electron chi connectivity index (χ4n) is 1.52. The highest BCUT2D eigenvalue weighted by Crippen LogP contribution is 2.15. The number of nitrogens with zero attached hydrogens (tertiary/aromatic N) is 1. The van der Waals surface area contributed by atoms with Gasteiger partial charge in [0.05, 0.1) is 5.69 Å². The van der Waals surface area contributed by atoms with Gasteiger partial charge >= 0.3 is 0 Å². The molecule has 0 spiro atoms. The summed E-state index contributed by atoms with van der Waals surface area (Å²) in [6.45, 7) is 6.13. The third-order valence-corrected chi connectivity index (χ3v) is 2.57. The Morgan fingerprint density at radius 3 is 2.53 bits per heavy atom.